The first-order chi connectivity index (χ1) is 17.2. The Kier molecular flexibility index (Phi) is 7.49. The van der Waals surface area contributed by atoms with Crippen LogP contribution in [0.25, 0.3) is 0 Å². The monoisotopic (exact) mass is 494 g/mol. The summed E-state index contributed by atoms with van der Waals surface area (Å²) in [5, 5.41) is 5.76. The van der Waals surface area contributed by atoms with Crippen molar-refractivity contribution in [2.45, 2.75) is 45.3 Å². The summed E-state index contributed by atoms with van der Waals surface area (Å²) in [7, 11) is 3.10. The third-order valence-electron chi connectivity index (χ3n) is 7.20. The van der Waals surface area contributed by atoms with Crippen LogP contribution in [0.4, 0.5) is 10.5 Å². The molecule has 2 saturated heterocycles. The van der Waals surface area contributed by atoms with Crippen LogP contribution < -0.4 is 20.1 Å². The number of nitrogens with zero attached hydrogens (tertiary/aromatic N) is 2. The number of hydrogen-bond acceptors (Lipinski definition) is 6. The van der Waals surface area contributed by atoms with Crippen LogP contribution in [0.3, 0.4) is 0 Å². The standard InChI is InChI=1S/C27H34N4O5/c1-18(32)28-22-10-8-19(9-11-22)16-30-14-12-21(13-15-30)27(2)25(33)31(26(34)29-27)17-20-6-5-7-23(35-3)24(20)36-4/h5-11,21H,12-17H2,1-4H3,(H,28,32)(H,29,34)/t27-/m1/s1. The van der Waals surface area contributed by atoms with Gasteiger partial charge in [0.2, 0.25) is 5.91 Å². The largest absolute Gasteiger partial charge is 0.493 e. The van der Waals surface area contributed by atoms with Gasteiger partial charge in [0.1, 0.15) is 5.54 Å². The zero-order valence-corrected chi connectivity index (χ0v) is 21.3. The molecule has 2 heterocycles. The van der Waals surface area contributed by atoms with Crippen LogP contribution in [0.1, 0.15) is 37.8 Å². The summed E-state index contributed by atoms with van der Waals surface area (Å²) in [5.74, 6) is 0.830. The lowest BCUT2D eigenvalue weighted by Gasteiger charge is -2.39. The van der Waals surface area contributed by atoms with Gasteiger partial charge in [-0.05, 0) is 62.5 Å². The molecule has 2 fully saturated rings. The van der Waals surface area contributed by atoms with Gasteiger partial charge in [-0.15, -0.1) is 0 Å². The second-order valence-electron chi connectivity index (χ2n) is 9.60. The summed E-state index contributed by atoms with van der Waals surface area (Å²) in [6.45, 7) is 5.92. The number of ether oxygens (including phenoxy) is 2. The first-order valence-corrected chi connectivity index (χ1v) is 12.2. The molecule has 1 atom stereocenters. The topological polar surface area (TPSA) is 100 Å². The van der Waals surface area contributed by atoms with E-state index in [9.17, 15) is 14.4 Å². The molecular weight excluding hydrogens is 460 g/mol. The Morgan fingerprint density at radius 2 is 1.75 bits per heavy atom. The maximum Gasteiger partial charge on any atom is 0.325 e. The van der Waals surface area contributed by atoms with E-state index in [1.165, 1.54) is 11.8 Å². The lowest BCUT2D eigenvalue weighted by Crippen LogP contribution is -2.53. The highest BCUT2D eigenvalue weighted by molar-refractivity contribution is 6.07. The van der Waals surface area contributed by atoms with E-state index in [0.717, 1.165) is 43.7 Å². The van der Waals surface area contributed by atoms with E-state index in [4.69, 9.17) is 9.47 Å². The van der Waals surface area contributed by atoms with Crippen molar-refractivity contribution >= 4 is 23.5 Å². The number of amides is 4. The summed E-state index contributed by atoms with van der Waals surface area (Å²) >= 11 is 0. The van der Waals surface area contributed by atoms with Crippen molar-refractivity contribution in [1.82, 2.24) is 15.1 Å². The average molecular weight is 495 g/mol. The molecule has 0 aromatic heterocycles. The van der Waals surface area contributed by atoms with Crippen molar-refractivity contribution in [2.75, 3.05) is 32.6 Å². The molecule has 36 heavy (non-hydrogen) atoms. The number of imide groups is 1. The minimum absolute atomic E-state index is 0.0459. The number of piperidine rings is 1. The molecule has 0 unspecified atom stereocenters. The van der Waals surface area contributed by atoms with Crippen molar-refractivity contribution in [3.8, 4) is 11.5 Å². The predicted molar refractivity (Wildman–Crippen MR) is 136 cm³/mol. The van der Waals surface area contributed by atoms with Gasteiger partial charge >= 0.3 is 6.03 Å². The highest BCUT2D eigenvalue weighted by Crippen LogP contribution is 2.36. The van der Waals surface area contributed by atoms with Crippen LogP contribution in [-0.4, -0.2) is 60.5 Å². The van der Waals surface area contributed by atoms with Crippen molar-refractivity contribution in [3.05, 3.63) is 53.6 Å². The molecular formula is C27H34N4O5. The van der Waals surface area contributed by atoms with Gasteiger partial charge in [-0.2, -0.15) is 0 Å². The third-order valence-corrected chi connectivity index (χ3v) is 7.20. The Morgan fingerprint density at radius 1 is 1.06 bits per heavy atom. The van der Waals surface area contributed by atoms with Crippen molar-refractivity contribution in [2.24, 2.45) is 5.92 Å². The molecule has 0 saturated carbocycles. The fraction of sp³-hybridized carbons (Fsp3) is 0.444. The van der Waals surface area contributed by atoms with Gasteiger partial charge < -0.3 is 20.1 Å². The number of hydrogen-bond donors (Lipinski definition) is 2. The summed E-state index contributed by atoms with van der Waals surface area (Å²) in [4.78, 5) is 41.2. The van der Waals surface area contributed by atoms with Crippen LogP contribution >= 0.6 is 0 Å². The molecule has 192 valence electrons. The lowest BCUT2D eigenvalue weighted by atomic mass is 9.79. The van der Waals surface area contributed by atoms with Crippen LogP contribution in [-0.2, 0) is 22.7 Å². The van der Waals surface area contributed by atoms with Crippen LogP contribution in [0.5, 0.6) is 11.5 Å². The fourth-order valence-electron chi connectivity index (χ4n) is 5.21. The maximum atomic E-state index is 13.5. The molecule has 2 aromatic rings. The number of likely N-dealkylation sites (tertiary alicyclic amines) is 1. The second kappa shape index (κ2) is 10.6. The SMILES string of the molecule is COc1cccc(CN2C(=O)N[C@](C)(C3CCN(Cc4ccc(NC(C)=O)cc4)CC3)C2=O)c1OC. The van der Waals surface area contributed by atoms with E-state index in [1.807, 2.05) is 43.3 Å². The Balaban J connectivity index is 1.38. The van der Waals surface area contributed by atoms with E-state index >= 15 is 0 Å². The zero-order chi connectivity index (χ0) is 25.9. The molecule has 2 aromatic carbocycles. The number of anilines is 1. The first-order valence-electron chi connectivity index (χ1n) is 12.2. The van der Waals surface area contributed by atoms with Crippen molar-refractivity contribution in [1.29, 1.82) is 0 Å². The minimum Gasteiger partial charge on any atom is -0.493 e. The zero-order valence-electron chi connectivity index (χ0n) is 21.3. The van der Waals surface area contributed by atoms with Gasteiger partial charge in [0, 0.05) is 24.7 Å². The summed E-state index contributed by atoms with van der Waals surface area (Å²) in [6.07, 6.45) is 1.62. The molecule has 0 radical (unpaired) electrons. The number of para-hydroxylation sites is 1. The van der Waals surface area contributed by atoms with E-state index in [-0.39, 0.29) is 30.3 Å². The Bertz CT molecular complexity index is 1130. The van der Waals surface area contributed by atoms with Crippen LogP contribution in [0, 0.1) is 5.92 Å². The Hall–Kier alpha value is -3.59. The third kappa shape index (κ3) is 5.16. The predicted octanol–water partition coefficient (Wildman–Crippen LogP) is 3.38. The van der Waals surface area contributed by atoms with Crippen molar-refractivity contribution < 1.29 is 23.9 Å². The van der Waals surface area contributed by atoms with Gasteiger partial charge in [0.15, 0.2) is 11.5 Å². The quantitative estimate of drug-likeness (QED) is 0.546. The van der Waals surface area contributed by atoms with Gasteiger partial charge in [-0.1, -0.05) is 24.3 Å². The number of rotatable bonds is 8. The molecule has 9 nitrogen and oxygen atoms in total. The average Bonchev–Trinajstić information content (AvgIpc) is 3.08. The normalized spacial score (nSPS) is 20.8. The first kappa shape index (κ1) is 25.5. The minimum atomic E-state index is -0.935. The van der Waals surface area contributed by atoms with Gasteiger partial charge in [-0.25, -0.2) is 4.79 Å². The number of urea groups is 1. The molecule has 0 bridgehead atoms. The van der Waals surface area contributed by atoms with Gasteiger partial charge in [0.05, 0.1) is 20.8 Å². The van der Waals surface area contributed by atoms with E-state index in [1.54, 1.807) is 20.3 Å². The highest BCUT2D eigenvalue weighted by atomic mass is 16.5. The number of carbonyl (C=O) groups is 3. The van der Waals surface area contributed by atoms with Gasteiger partial charge in [-0.3, -0.25) is 19.4 Å². The number of carbonyl (C=O) groups excluding carboxylic acids is 3. The van der Waals surface area contributed by atoms with Crippen LogP contribution in [0.2, 0.25) is 0 Å². The van der Waals surface area contributed by atoms with Crippen LogP contribution in [0.15, 0.2) is 42.5 Å². The summed E-state index contributed by atoms with van der Waals surface area (Å²) in [6, 6.07) is 12.9. The van der Waals surface area contributed by atoms with E-state index in [2.05, 4.69) is 15.5 Å². The molecule has 4 rings (SSSR count). The molecule has 0 spiro atoms. The van der Waals surface area contributed by atoms with E-state index in [0.29, 0.717) is 17.1 Å². The fourth-order valence-corrected chi connectivity index (χ4v) is 5.21. The number of benzene rings is 2. The molecule has 2 N–H and O–H groups in total. The molecule has 4 amide bonds. The lowest BCUT2D eigenvalue weighted by molar-refractivity contribution is -0.133. The number of nitrogens with one attached hydrogen (secondary N) is 2. The molecule has 2 aliphatic rings. The Morgan fingerprint density at radius 3 is 2.36 bits per heavy atom. The highest BCUT2D eigenvalue weighted by Gasteiger charge is 2.52. The molecule has 0 aliphatic carbocycles. The summed E-state index contributed by atoms with van der Waals surface area (Å²) < 4.78 is 10.8. The molecule has 9 heteroatoms. The number of methoxy groups -OCH3 is 2. The second-order valence-corrected chi connectivity index (χ2v) is 9.60. The smallest absolute Gasteiger partial charge is 0.325 e. The molecule has 2 aliphatic heterocycles. The van der Waals surface area contributed by atoms with Gasteiger partial charge in [0.25, 0.3) is 5.91 Å². The Labute approximate surface area is 211 Å². The maximum absolute atomic E-state index is 13.5. The summed E-state index contributed by atoms with van der Waals surface area (Å²) in [5.41, 5.74) is 1.72. The van der Waals surface area contributed by atoms with E-state index < -0.39 is 5.54 Å². The van der Waals surface area contributed by atoms with Crippen molar-refractivity contribution in [3.63, 3.8) is 0 Å².